The van der Waals surface area contributed by atoms with E-state index in [0.29, 0.717) is 5.82 Å². The number of hydrogen-bond donors (Lipinski definition) is 1. The van der Waals surface area contributed by atoms with Gasteiger partial charge in [0.15, 0.2) is 5.82 Å². The summed E-state index contributed by atoms with van der Waals surface area (Å²) in [5, 5.41) is 6.99. The van der Waals surface area contributed by atoms with Crippen LogP contribution < -0.4 is 10.8 Å². The third kappa shape index (κ3) is 4.41. The van der Waals surface area contributed by atoms with Crippen LogP contribution in [0.3, 0.4) is 0 Å². The first-order valence-electron chi connectivity index (χ1n) is 11.3. The van der Waals surface area contributed by atoms with Crippen LogP contribution in [0.25, 0.3) is 0 Å². The Morgan fingerprint density at radius 1 is 1.23 bits per heavy atom. The molecule has 1 amide bonds. The number of aromatic nitrogens is 2. The van der Waals surface area contributed by atoms with Crippen molar-refractivity contribution in [3.05, 3.63) is 41.0 Å². The lowest BCUT2D eigenvalue weighted by Crippen LogP contribution is -2.41. The molecule has 8 heteroatoms. The highest BCUT2D eigenvalue weighted by atomic mass is 16.7. The predicted octanol–water partition coefficient (Wildman–Crippen LogP) is 3.52. The Hall–Kier alpha value is -2.19. The Bertz CT molecular complexity index is 940. The summed E-state index contributed by atoms with van der Waals surface area (Å²) in [6.07, 6.45) is 5.59. The Morgan fingerprint density at radius 2 is 1.97 bits per heavy atom. The molecule has 0 radical (unpaired) electrons. The van der Waals surface area contributed by atoms with E-state index in [-0.39, 0.29) is 36.2 Å². The molecule has 2 heterocycles. The van der Waals surface area contributed by atoms with E-state index in [9.17, 15) is 4.79 Å². The molecule has 1 aliphatic heterocycles. The van der Waals surface area contributed by atoms with Crippen LogP contribution in [-0.2, 0) is 22.2 Å². The number of aryl methyl sites for hydroxylation is 2. The lowest BCUT2D eigenvalue weighted by molar-refractivity contribution is 0.00578. The molecule has 1 unspecified atom stereocenters. The van der Waals surface area contributed by atoms with Crippen molar-refractivity contribution in [2.45, 2.75) is 90.4 Å². The average Bonchev–Trinajstić information content (AvgIpc) is 3.28. The standard InChI is InChI=1S/C23H32BN3O4/c1-6-7-11-19-26-21(29-27-19)20(28)25-18-10-8-9-15-14-16(12-13-17(15)18)24-30-22(2,3)23(4,5)31-24/h12-14,18H,6-11H2,1-5H3,(H,25,28). The Morgan fingerprint density at radius 3 is 2.68 bits per heavy atom. The fourth-order valence-corrected chi connectivity index (χ4v) is 4.11. The van der Waals surface area contributed by atoms with Gasteiger partial charge in [0.05, 0.1) is 17.2 Å². The fourth-order valence-electron chi connectivity index (χ4n) is 4.11. The number of rotatable bonds is 6. The van der Waals surface area contributed by atoms with E-state index in [1.807, 2.05) is 6.07 Å². The van der Waals surface area contributed by atoms with Crippen molar-refractivity contribution >= 4 is 18.5 Å². The van der Waals surface area contributed by atoms with Crippen molar-refractivity contribution in [2.24, 2.45) is 0 Å². The van der Waals surface area contributed by atoms with Crippen molar-refractivity contribution in [3.63, 3.8) is 0 Å². The number of unbranched alkanes of at least 4 members (excludes halogenated alkanes) is 1. The number of nitrogens with one attached hydrogen (secondary N) is 1. The van der Waals surface area contributed by atoms with E-state index >= 15 is 0 Å². The molecule has 0 saturated carbocycles. The summed E-state index contributed by atoms with van der Waals surface area (Å²) in [5.41, 5.74) is 2.62. The summed E-state index contributed by atoms with van der Waals surface area (Å²) >= 11 is 0. The lowest BCUT2D eigenvalue weighted by Gasteiger charge is -2.32. The van der Waals surface area contributed by atoms with E-state index in [1.165, 1.54) is 5.56 Å². The normalized spacial score (nSPS) is 21.7. The second-order valence-corrected chi connectivity index (χ2v) is 9.58. The highest BCUT2D eigenvalue weighted by Crippen LogP contribution is 2.37. The van der Waals surface area contributed by atoms with Gasteiger partial charge >= 0.3 is 18.9 Å². The number of hydrogen-bond acceptors (Lipinski definition) is 6. The number of amides is 1. The van der Waals surface area contributed by atoms with E-state index in [1.54, 1.807) is 0 Å². The molecule has 2 aliphatic rings. The molecule has 1 aliphatic carbocycles. The number of fused-ring (bicyclic) bond motifs is 1. The van der Waals surface area contributed by atoms with Gasteiger partial charge in [-0.2, -0.15) is 4.98 Å². The first-order valence-corrected chi connectivity index (χ1v) is 11.3. The summed E-state index contributed by atoms with van der Waals surface area (Å²) in [5.74, 6) is 0.304. The summed E-state index contributed by atoms with van der Waals surface area (Å²) < 4.78 is 17.6. The fraction of sp³-hybridized carbons (Fsp3) is 0.609. The number of nitrogens with zero attached hydrogens (tertiary/aromatic N) is 2. The number of carbonyl (C=O) groups excluding carboxylic acids is 1. The van der Waals surface area contributed by atoms with Gasteiger partial charge in [0, 0.05) is 6.42 Å². The predicted molar refractivity (Wildman–Crippen MR) is 118 cm³/mol. The van der Waals surface area contributed by atoms with Crippen molar-refractivity contribution in [2.75, 3.05) is 0 Å². The zero-order valence-electron chi connectivity index (χ0n) is 19.2. The lowest BCUT2D eigenvalue weighted by atomic mass is 9.75. The maximum absolute atomic E-state index is 12.7. The SMILES string of the molecule is CCCCc1noc(C(=O)NC2CCCc3cc(B4OC(C)(C)C(C)(C)O4)ccc32)n1. The molecule has 2 aromatic rings. The third-order valence-corrected chi connectivity index (χ3v) is 6.73. The molecular formula is C23H32BN3O4. The van der Waals surface area contributed by atoms with E-state index in [0.717, 1.165) is 49.6 Å². The third-order valence-electron chi connectivity index (χ3n) is 6.73. The average molecular weight is 425 g/mol. The Labute approximate surface area is 184 Å². The van der Waals surface area contributed by atoms with Crippen molar-refractivity contribution in [3.8, 4) is 0 Å². The van der Waals surface area contributed by atoms with Crippen LogP contribution in [0.4, 0.5) is 0 Å². The highest BCUT2D eigenvalue weighted by molar-refractivity contribution is 6.62. The number of benzene rings is 1. The largest absolute Gasteiger partial charge is 0.494 e. The van der Waals surface area contributed by atoms with Gasteiger partial charge in [0.2, 0.25) is 0 Å². The molecule has 1 aromatic carbocycles. The van der Waals surface area contributed by atoms with Crippen molar-refractivity contribution < 1.29 is 18.6 Å². The van der Waals surface area contributed by atoms with Gasteiger partial charge in [-0.3, -0.25) is 4.79 Å². The topological polar surface area (TPSA) is 86.5 Å². The molecule has 31 heavy (non-hydrogen) atoms. The smallest absolute Gasteiger partial charge is 0.399 e. The van der Waals surface area contributed by atoms with Crippen molar-refractivity contribution in [1.29, 1.82) is 0 Å². The highest BCUT2D eigenvalue weighted by Gasteiger charge is 2.51. The molecule has 0 bridgehead atoms. The molecular weight excluding hydrogens is 393 g/mol. The van der Waals surface area contributed by atoms with E-state index in [2.05, 4.69) is 62.2 Å². The van der Waals surface area contributed by atoms with Crippen LogP contribution in [-0.4, -0.2) is 34.4 Å². The van der Waals surface area contributed by atoms with Gasteiger partial charge in [-0.05, 0) is 70.0 Å². The molecule has 1 N–H and O–H groups in total. The van der Waals surface area contributed by atoms with Crippen LogP contribution in [0.1, 0.15) is 94.0 Å². The summed E-state index contributed by atoms with van der Waals surface area (Å²) in [6.45, 7) is 10.3. The van der Waals surface area contributed by atoms with Gasteiger partial charge in [-0.25, -0.2) is 0 Å². The minimum Gasteiger partial charge on any atom is -0.399 e. The molecule has 1 saturated heterocycles. The monoisotopic (exact) mass is 425 g/mol. The second-order valence-electron chi connectivity index (χ2n) is 9.58. The summed E-state index contributed by atoms with van der Waals surface area (Å²) in [4.78, 5) is 16.9. The minimum atomic E-state index is -0.384. The van der Waals surface area contributed by atoms with Crippen LogP contribution >= 0.6 is 0 Å². The molecule has 1 fully saturated rings. The molecule has 7 nitrogen and oxygen atoms in total. The van der Waals surface area contributed by atoms with Crippen LogP contribution in [0.2, 0.25) is 0 Å². The van der Waals surface area contributed by atoms with Crippen LogP contribution in [0.15, 0.2) is 22.7 Å². The second kappa shape index (κ2) is 8.39. The molecule has 0 spiro atoms. The van der Waals surface area contributed by atoms with E-state index < -0.39 is 0 Å². The zero-order chi connectivity index (χ0) is 22.2. The van der Waals surface area contributed by atoms with Gasteiger partial charge < -0.3 is 19.1 Å². The first-order chi connectivity index (χ1) is 14.7. The molecule has 166 valence electrons. The maximum atomic E-state index is 12.7. The zero-order valence-corrected chi connectivity index (χ0v) is 19.2. The number of carbonyl (C=O) groups is 1. The van der Waals surface area contributed by atoms with Gasteiger partial charge in [0.25, 0.3) is 0 Å². The summed E-state index contributed by atoms with van der Waals surface area (Å²) in [7, 11) is -0.384. The van der Waals surface area contributed by atoms with Crippen LogP contribution in [0, 0.1) is 0 Å². The van der Waals surface area contributed by atoms with E-state index in [4.69, 9.17) is 13.8 Å². The maximum Gasteiger partial charge on any atom is 0.494 e. The molecule has 1 aromatic heterocycles. The molecule has 1 atom stereocenters. The Kier molecular flexibility index (Phi) is 5.96. The van der Waals surface area contributed by atoms with Crippen LogP contribution in [0.5, 0.6) is 0 Å². The quantitative estimate of drug-likeness (QED) is 0.713. The van der Waals surface area contributed by atoms with Gasteiger partial charge in [-0.15, -0.1) is 0 Å². The van der Waals surface area contributed by atoms with Gasteiger partial charge in [0.1, 0.15) is 0 Å². The molecule has 4 rings (SSSR count). The van der Waals surface area contributed by atoms with Gasteiger partial charge in [-0.1, -0.05) is 36.7 Å². The van der Waals surface area contributed by atoms with Crippen molar-refractivity contribution in [1.82, 2.24) is 15.5 Å². The summed E-state index contributed by atoms with van der Waals surface area (Å²) in [6, 6.07) is 6.21. The Balaban J connectivity index is 1.47. The first kappa shape index (κ1) is 22.0. The minimum absolute atomic E-state index is 0.0343.